The van der Waals surface area contributed by atoms with Crippen molar-refractivity contribution in [2.24, 2.45) is 5.92 Å². The zero-order chi connectivity index (χ0) is 15.4. The van der Waals surface area contributed by atoms with Gasteiger partial charge in [0.05, 0.1) is 7.39 Å². The zero-order valence-corrected chi connectivity index (χ0v) is 12.5. The van der Waals surface area contributed by atoms with Crippen molar-refractivity contribution in [2.75, 3.05) is 0 Å². The predicted octanol–water partition coefficient (Wildman–Crippen LogP) is 4.30. The van der Waals surface area contributed by atoms with Crippen molar-refractivity contribution >= 4 is 6.09 Å². The lowest BCUT2D eigenvalue weighted by Gasteiger charge is -2.25. The van der Waals surface area contributed by atoms with Gasteiger partial charge >= 0.3 is 6.09 Å². The van der Waals surface area contributed by atoms with E-state index >= 15 is 0 Å². The van der Waals surface area contributed by atoms with E-state index in [4.69, 9.17) is 6.11 Å². The molecule has 1 unspecified atom stereocenters. The maximum absolute atomic E-state index is 12.0. The molecule has 0 radical (unpaired) electrons. The van der Waals surface area contributed by atoms with Crippen LogP contribution < -0.4 is 5.32 Å². The van der Waals surface area contributed by atoms with E-state index in [0.29, 0.717) is 6.42 Å². The summed E-state index contributed by atoms with van der Waals surface area (Å²) in [5, 5.41) is 2.70. The lowest BCUT2D eigenvalue weighted by atomic mass is 9.97. The standard InChI is InChI=1S/C16H25NO2/c1-12(2)11-14(13-9-7-6-8-10-13)17-15(18)19-16(3,4)5/h6-10,12,14H,11H2,1-5H3,(H,17,18)/i14D. The van der Waals surface area contributed by atoms with Crippen LogP contribution in [-0.2, 0) is 4.74 Å². The van der Waals surface area contributed by atoms with Crippen molar-refractivity contribution in [3.8, 4) is 0 Å². The maximum Gasteiger partial charge on any atom is 0.408 e. The van der Waals surface area contributed by atoms with Gasteiger partial charge in [-0.05, 0) is 38.7 Å². The van der Waals surface area contributed by atoms with Gasteiger partial charge in [0.25, 0.3) is 0 Å². The minimum Gasteiger partial charge on any atom is -0.444 e. The molecule has 106 valence electrons. The highest BCUT2D eigenvalue weighted by Crippen LogP contribution is 2.21. The molecule has 0 aliphatic heterocycles. The van der Waals surface area contributed by atoms with E-state index in [2.05, 4.69) is 5.32 Å². The first-order chi connectivity index (χ1) is 9.12. The van der Waals surface area contributed by atoms with Crippen LogP contribution in [0.2, 0.25) is 0 Å². The number of nitrogens with one attached hydrogen (secondary N) is 1. The normalized spacial score (nSPS) is 15.6. The number of benzene rings is 1. The summed E-state index contributed by atoms with van der Waals surface area (Å²) in [5.74, 6) is 0.280. The molecule has 0 saturated heterocycles. The summed E-state index contributed by atoms with van der Waals surface area (Å²) < 4.78 is 13.9. The monoisotopic (exact) mass is 264 g/mol. The molecule has 0 heterocycles. The number of rotatable bonds is 4. The third-order valence-electron chi connectivity index (χ3n) is 2.39. The third-order valence-corrected chi connectivity index (χ3v) is 2.39. The van der Waals surface area contributed by atoms with Gasteiger partial charge in [-0.3, -0.25) is 0 Å². The molecule has 0 aliphatic rings. The number of alkyl carbamates (subject to hydrolysis) is 1. The van der Waals surface area contributed by atoms with Crippen LogP contribution in [0.5, 0.6) is 0 Å². The SMILES string of the molecule is [2H]C(CC(C)C)(NC(=O)OC(C)(C)C)c1ccccc1. The Labute approximate surface area is 117 Å². The van der Waals surface area contributed by atoms with Gasteiger partial charge in [0.2, 0.25) is 0 Å². The van der Waals surface area contributed by atoms with E-state index < -0.39 is 17.7 Å². The highest BCUT2D eigenvalue weighted by atomic mass is 16.6. The van der Waals surface area contributed by atoms with E-state index in [1.165, 1.54) is 0 Å². The highest BCUT2D eigenvalue weighted by Gasteiger charge is 2.21. The Hall–Kier alpha value is -1.51. The topological polar surface area (TPSA) is 38.3 Å². The molecule has 0 saturated carbocycles. The lowest BCUT2D eigenvalue weighted by molar-refractivity contribution is 0.0498. The minimum atomic E-state index is -1.17. The van der Waals surface area contributed by atoms with Gasteiger partial charge in [-0.25, -0.2) is 4.79 Å². The Morgan fingerprint density at radius 1 is 1.32 bits per heavy atom. The Bertz CT molecular complexity index is 440. The van der Waals surface area contributed by atoms with E-state index in [-0.39, 0.29) is 5.92 Å². The number of hydrogen-bond donors (Lipinski definition) is 1. The summed E-state index contributed by atoms with van der Waals surface area (Å²) in [5.41, 5.74) is 0.194. The largest absolute Gasteiger partial charge is 0.444 e. The average molecular weight is 264 g/mol. The zero-order valence-electron chi connectivity index (χ0n) is 13.5. The van der Waals surface area contributed by atoms with Crippen LogP contribution in [0.3, 0.4) is 0 Å². The molecule has 19 heavy (non-hydrogen) atoms. The van der Waals surface area contributed by atoms with Crippen molar-refractivity contribution in [3.63, 3.8) is 0 Å². The fourth-order valence-corrected chi connectivity index (χ4v) is 1.72. The van der Waals surface area contributed by atoms with Gasteiger partial charge in [-0.1, -0.05) is 44.2 Å². The van der Waals surface area contributed by atoms with E-state index in [1.807, 2.05) is 65.0 Å². The molecule has 0 spiro atoms. The first-order valence-corrected chi connectivity index (χ1v) is 6.69. The number of carbonyl (C=O) groups is 1. The molecule has 3 nitrogen and oxygen atoms in total. The predicted molar refractivity (Wildman–Crippen MR) is 78.0 cm³/mol. The fourth-order valence-electron chi connectivity index (χ4n) is 1.72. The molecule has 0 aromatic heterocycles. The van der Waals surface area contributed by atoms with Gasteiger partial charge in [0.1, 0.15) is 5.60 Å². The molecule has 1 N–H and O–H groups in total. The maximum atomic E-state index is 12.0. The molecule has 1 amide bonds. The van der Waals surface area contributed by atoms with Crippen LogP contribution in [0.4, 0.5) is 4.79 Å². The summed E-state index contributed by atoms with van der Waals surface area (Å²) in [4.78, 5) is 12.0. The number of hydrogen-bond acceptors (Lipinski definition) is 2. The van der Waals surface area contributed by atoms with Crippen LogP contribution in [0.15, 0.2) is 30.3 Å². The van der Waals surface area contributed by atoms with Crippen LogP contribution in [0.25, 0.3) is 0 Å². The molecule has 0 aliphatic carbocycles. The third kappa shape index (κ3) is 6.27. The second-order valence-electron chi connectivity index (χ2n) is 6.07. The lowest BCUT2D eigenvalue weighted by Crippen LogP contribution is -2.35. The summed E-state index contributed by atoms with van der Waals surface area (Å²) >= 11 is 0. The Balaban J connectivity index is 2.93. The number of ether oxygens (including phenoxy) is 1. The molecule has 0 fully saturated rings. The van der Waals surface area contributed by atoms with Crippen molar-refractivity contribution < 1.29 is 10.9 Å². The van der Waals surface area contributed by atoms with Crippen molar-refractivity contribution in [3.05, 3.63) is 35.9 Å². The van der Waals surface area contributed by atoms with E-state index in [9.17, 15) is 4.79 Å². The first-order valence-electron chi connectivity index (χ1n) is 7.19. The Kier molecular flexibility index (Phi) is 4.83. The summed E-state index contributed by atoms with van der Waals surface area (Å²) in [7, 11) is 0. The molecule has 3 heteroatoms. The van der Waals surface area contributed by atoms with Crippen LogP contribution in [0, 0.1) is 5.92 Å². The number of carbonyl (C=O) groups excluding carboxylic acids is 1. The molecule has 1 aromatic rings. The molecule has 1 aromatic carbocycles. The van der Waals surface area contributed by atoms with Gasteiger partial charge in [-0.15, -0.1) is 0 Å². The minimum absolute atomic E-state index is 0.280. The second-order valence-corrected chi connectivity index (χ2v) is 6.07. The molecule has 0 bridgehead atoms. The molecular formula is C16H25NO2. The van der Waals surface area contributed by atoms with Gasteiger partial charge < -0.3 is 10.1 Å². The molecular weight excluding hydrogens is 238 g/mol. The molecule has 1 rings (SSSR count). The summed E-state index contributed by atoms with van der Waals surface area (Å²) in [6, 6.07) is 8.18. The Morgan fingerprint density at radius 2 is 1.89 bits per heavy atom. The van der Waals surface area contributed by atoms with Crippen LogP contribution in [0.1, 0.15) is 54.0 Å². The highest BCUT2D eigenvalue weighted by molar-refractivity contribution is 5.68. The average Bonchev–Trinajstić information content (AvgIpc) is 2.26. The first kappa shape index (κ1) is 13.9. The second kappa shape index (κ2) is 6.60. The van der Waals surface area contributed by atoms with E-state index in [0.717, 1.165) is 5.56 Å². The van der Waals surface area contributed by atoms with Gasteiger partial charge in [0, 0.05) is 0 Å². The smallest absolute Gasteiger partial charge is 0.408 e. The summed E-state index contributed by atoms with van der Waals surface area (Å²) in [6.45, 7) is 9.49. The Morgan fingerprint density at radius 3 is 2.37 bits per heavy atom. The number of amides is 1. The molecule has 1 atom stereocenters. The summed E-state index contributed by atoms with van der Waals surface area (Å²) in [6.07, 6.45) is -0.0343. The van der Waals surface area contributed by atoms with Crippen molar-refractivity contribution in [1.29, 1.82) is 0 Å². The fraction of sp³-hybridized carbons (Fsp3) is 0.562. The van der Waals surface area contributed by atoms with Crippen molar-refractivity contribution in [1.82, 2.24) is 5.32 Å². The quantitative estimate of drug-likeness (QED) is 0.880. The van der Waals surface area contributed by atoms with Crippen molar-refractivity contribution in [2.45, 2.75) is 52.7 Å². The van der Waals surface area contributed by atoms with Gasteiger partial charge in [-0.2, -0.15) is 0 Å². The van der Waals surface area contributed by atoms with Gasteiger partial charge in [0.15, 0.2) is 0 Å². The van der Waals surface area contributed by atoms with Crippen LogP contribution >= 0.6 is 0 Å². The van der Waals surface area contributed by atoms with Crippen LogP contribution in [-0.4, -0.2) is 11.7 Å². The van der Waals surface area contributed by atoms with E-state index in [1.54, 1.807) is 0 Å².